The van der Waals surface area contributed by atoms with Gasteiger partial charge in [0.2, 0.25) is 0 Å². The number of methoxy groups -OCH3 is 1. The van der Waals surface area contributed by atoms with Crippen molar-refractivity contribution in [1.82, 2.24) is 0 Å². The van der Waals surface area contributed by atoms with Crippen LogP contribution in [0.1, 0.15) is 5.56 Å². The van der Waals surface area contributed by atoms with Crippen LogP contribution in [-0.2, 0) is 4.74 Å². The molecule has 2 N–H and O–H groups in total. The molecule has 120 valence electrons. The first-order chi connectivity index (χ1) is 11.0. The van der Waals surface area contributed by atoms with Crippen LogP contribution >= 0.6 is 11.6 Å². The van der Waals surface area contributed by atoms with E-state index in [1.807, 2.05) is 0 Å². The van der Waals surface area contributed by atoms with Crippen LogP contribution in [0, 0.1) is 6.92 Å². The molecule has 2 aromatic rings. The van der Waals surface area contributed by atoms with Crippen LogP contribution in [0.3, 0.4) is 0 Å². The zero-order valence-corrected chi connectivity index (χ0v) is 13.3. The smallest absolute Gasteiger partial charge is 0.417 e. The van der Waals surface area contributed by atoms with Gasteiger partial charge >= 0.3 is 12.2 Å². The fraction of sp³-hybridized carbons (Fsp3) is 0.125. The summed E-state index contributed by atoms with van der Waals surface area (Å²) in [7, 11) is 1.26. The molecule has 0 spiro atoms. The SMILES string of the molecule is COC(=O)Nc1ccc(C)c(OC(=O)Nc2cccc(Cl)c2)c1. The van der Waals surface area contributed by atoms with Crippen molar-refractivity contribution in [3.05, 3.63) is 53.1 Å². The van der Waals surface area contributed by atoms with Gasteiger partial charge < -0.3 is 9.47 Å². The lowest BCUT2D eigenvalue weighted by molar-refractivity contribution is 0.187. The average molecular weight is 335 g/mol. The number of ether oxygens (including phenoxy) is 2. The molecule has 0 fully saturated rings. The van der Waals surface area contributed by atoms with Gasteiger partial charge in [-0.3, -0.25) is 10.6 Å². The van der Waals surface area contributed by atoms with E-state index in [1.165, 1.54) is 13.2 Å². The van der Waals surface area contributed by atoms with E-state index in [1.54, 1.807) is 43.3 Å². The van der Waals surface area contributed by atoms with Crippen molar-refractivity contribution in [2.75, 3.05) is 17.7 Å². The van der Waals surface area contributed by atoms with Gasteiger partial charge in [0.1, 0.15) is 5.75 Å². The first-order valence-corrected chi connectivity index (χ1v) is 7.06. The van der Waals surface area contributed by atoms with Gasteiger partial charge in [-0.05, 0) is 36.8 Å². The predicted molar refractivity (Wildman–Crippen MR) is 88.3 cm³/mol. The molecule has 23 heavy (non-hydrogen) atoms. The summed E-state index contributed by atoms with van der Waals surface area (Å²) in [5.41, 5.74) is 1.71. The van der Waals surface area contributed by atoms with E-state index in [0.717, 1.165) is 5.56 Å². The minimum absolute atomic E-state index is 0.318. The maximum Gasteiger partial charge on any atom is 0.417 e. The van der Waals surface area contributed by atoms with E-state index in [4.69, 9.17) is 16.3 Å². The third kappa shape index (κ3) is 4.89. The van der Waals surface area contributed by atoms with Crippen LogP contribution in [0.4, 0.5) is 21.0 Å². The summed E-state index contributed by atoms with van der Waals surface area (Å²) in [4.78, 5) is 23.2. The van der Waals surface area contributed by atoms with Crippen molar-refractivity contribution in [2.45, 2.75) is 6.92 Å². The number of carbonyl (C=O) groups is 2. The minimum atomic E-state index is -0.661. The Labute approximate surface area is 138 Å². The number of benzene rings is 2. The molecule has 0 bridgehead atoms. The molecule has 2 aromatic carbocycles. The van der Waals surface area contributed by atoms with Crippen molar-refractivity contribution in [3.8, 4) is 5.75 Å². The Bertz CT molecular complexity index is 734. The van der Waals surface area contributed by atoms with Crippen molar-refractivity contribution < 1.29 is 19.1 Å². The summed E-state index contributed by atoms with van der Waals surface area (Å²) in [5, 5.41) is 5.57. The van der Waals surface area contributed by atoms with Crippen LogP contribution in [0.15, 0.2) is 42.5 Å². The summed E-state index contributed by atoms with van der Waals surface area (Å²) in [6, 6.07) is 11.6. The second-order valence-electron chi connectivity index (χ2n) is 4.62. The molecule has 0 unspecified atom stereocenters. The van der Waals surface area contributed by atoms with E-state index in [9.17, 15) is 9.59 Å². The highest BCUT2D eigenvalue weighted by Gasteiger charge is 2.10. The largest absolute Gasteiger partial charge is 0.453 e. The summed E-state index contributed by atoms with van der Waals surface area (Å²) >= 11 is 5.85. The van der Waals surface area contributed by atoms with Gasteiger partial charge in [-0.2, -0.15) is 0 Å². The van der Waals surface area contributed by atoms with Gasteiger partial charge in [-0.1, -0.05) is 23.7 Å². The van der Waals surface area contributed by atoms with E-state index < -0.39 is 12.2 Å². The maximum absolute atomic E-state index is 11.9. The average Bonchev–Trinajstić information content (AvgIpc) is 2.50. The molecule has 2 amide bonds. The van der Waals surface area contributed by atoms with Crippen molar-refractivity contribution in [1.29, 1.82) is 0 Å². The Hall–Kier alpha value is -2.73. The molecule has 0 aliphatic carbocycles. The molecular weight excluding hydrogens is 320 g/mol. The molecule has 0 saturated carbocycles. The van der Waals surface area contributed by atoms with Crippen molar-refractivity contribution in [2.24, 2.45) is 0 Å². The third-order valence-electron chi connectivity index (χ3n) is 2.89. The predicted octanol–water partition coefficient (Wildman–Crippen LogP) is 4.44. The highest BCUT2D eigenvalue weighted by molar-refractivity contribution is 6.30. The Morgan fingerprint density at radius 2 is 1.70 bits per heavy atom. The highest BCUT2D eigenvalue weighted by Crippen LogP contribution is 2.23. The number of amides is 2. The lowest BCUT2D eigenvalue weighted by Gasteiger charge is -2.11. The molecule has 2 rings (SSSR count). The van der Waals surface area contributed by atoms with Crippen LogP contribution in [0.25, 0.3) is 0 Å². The number of hydrogen-bond donors (Lipinski definition) is 2. The Morgan fingerprint density at radius 3 is 2.39 bits per heavy atom. The maximum atomic E-state index is 11.9. The number of rotatable bonds is 3. The molecular formula is C16H15ClN2O4. The number of hydrogen-bond acceptors (Lipinski definition) is 4. The first-order valence-electron chi connectivity index (χ1n) is 6.68. The van der Waals surface area contributed by atoms with Crippen molar-refractivity contribution in [3.63, 3.8) is 0 Å². The lowest BCUT2D eigenvalue weighted by Crippen LogP contribution is -2.17. The summed E-state index contributed by atoms with van der Waals surface area (Å²) in [5.74, 6) is 0.318. The molecule has 0 atom stereocenters. The van der Waals surface area contributed by atoms with Gasteiger partial charge in [0.15, 0.2) is 0 Å². The standard InChI is InChI=1S/C16H15ClN2O4/c1-10-6-7-13(18-15(20)22-2)9-14(10)23-16(21)19-12-5-3-4-11(17)8-12/h3-9H,1-2H3,(H,18,20)(H,19,21). The van der Waals surface area contributed by atoms with E-state index in [0.29, 0.717) is 22.1 Å². The van der Waals surface area contributed by atoms with Crippen molar-refractivity contribution >= 4 is 35.2 Å². The number of halogens is 1. The molecule has 0 radical (unpaired) electrons. The molecule has 0 aliphatic heterocycles. The number of aryl methyl sites for hydroxylation is 1. The fourth-order valence-corrected chi connectivity index (χ4v) is 1.96. The van der Waals surface area contributed by atoms with Gasteiger partial charge in [0, 0.05) is 22.5 Å². The highest BCUT2D eigenvalue weighted by atomic mass is 35.5. The summed E-state index contributed by atoms with van der Waals surface area (Å²) in [6.07, 6.45) is -1.27. The Balaban J connectivity index is 2.07. The van der Waals surface area contributed by atoms with E-state index in [2.05, 4.69) is 15.4 Å². The van der Waals surface area contributed by atoms with Crippen LogP contribution < -0.4 is 15.4 Å². The Kier molecular flexibility index (Phi) is 5.43. The molecule has 0 aromatic heterocycles. The quantitative estimate of drug-likeness (QED) is 0.870. The monoisotopic (exact) mass is 334 g/mol. The number of carbonyl (C=O) groups excluding carboxylic acids is 2. The first kappa shape index (κ1) is 16.6. The zero-order valence-electron chi connectivity index (χ0n) is 12.6. The molecule has 0 heterocycles. The molecule has 0 saturated heterocycles. The van der Waals surface area contributed by atoms with Crippen LogP contribution in [0.2, 0.25) is 5.02 Å². The van der Waals surface area contributed by atoms with E-state index in [-0.39, 0.29) is 0 Å². The molecule has 7 heteroatoms. The number of nitrogens with one attached hydrogen (secondary N) is 2. The van der Waals surface area contributed by atoms with Gasteiger partial charge in [-0.15, -0.1) is 0 Å². The second kappa shape index (κ2) is 7.51. The van der Waals surface area contributed by atoms with Gasteiger partial charge in [0.25, 0.3) is 0 Å². The molecule has 0 aliphatic rings. The fourth-order valence-electron chi connectivity index (χ4n) is 1.77. The minimum Gasteiger partial charge on any atom is -0.453 e. The lowest BCUT2D eigenvalue weighted by atomic mass is 10.2. The Morgan fingerprint density at radius 1 is 1.00 bits per heavy atom. The number of anilines is 2. The normalized spacial score (nSPS) is 9.87. The van der Waals surface area contributed by atoms with Crippen LogP contribution in [-0.4, -0.2) is 19.3 Å². The van der Waals surface area contributed by atoms with Crippen LogP contribution in [0.5, 0.6) is 5.75 Å². The zero-order chi connectivity index (χ0) is 16.8. The second-order valence-corrected chi connectivity index (χ2v) is 5.06. The topological polar surface area (TPSA) is 76.7 Å². The third-order valence-corrected chi connectivity index (χ3v) is 3.13. The van der Waals surface area contributed by atoms with E-state index >= 15 is 0 Å². The summed E-state index contributed by atoms with van der Waals surface area (Å²) < 4.78 is 9.77. The van der Waals surface area contributed by atoms with Gasteiger partial charge in [-0.25, -0.2) is 9.59 Å². The molecule has 6 nitrogen and oxygen atoms in total. The summed E-state index contributed by atoms with van der Waals surface area (Å²) in [6.45, 7) is 1.78. The van der Waals surface area contributed by atoms with Gasteiger partial charge in [0.05, 0.1) is 7.11 Å².